The van der Waals surface area contributed by atoms with Gasteiger partial charge in [0.1, 0.15) is 12.4 Å². The minimum Gasteiger partial charge on any atom is -0.381 e. The van der Waals surface area contributed by atoms with Crippen molar-refractivity contribution in [2.75, 3.05) is 33.0 Å². The van der Waals surface area contributed by atoms with Crippen molar-refractivity contribution in [2.45, 2.75) is 70.9 Å². The average Bonchev–Trinajstić information content (AvgIpc) is 3.08. The van der Waals surface area contributed by atoms with E-state index >= 15 is 0 Å². The minimum absolute atomic E-state index is 0.515. The van der Waals surface area contributed by atoms with Gasteiger partial charge in [0.05, 0.1) is 0 Å². The van der Waals surface area contributed by atoms with Gasteiger partial charge in [-0.15, -0.1) is 10.2 Å². The number of aryl methyl sites for hydroxylation is 1. The van der Waals surface area contributed by atoms with Gasteiger partial charge in [-0.2, -0.15) is 0 Å². The maximum absolute atomic E-state index is 5.88. The molecule has 1 saturated carbocycles. The van der Waals surface area contributed by atoms with Gasteiger partial charge >= 0.3 is 0 Å². The summed E-state index contributed by atoms with van der Waals surface area (Å²) in [6.45, 7) is 6.74. The van der Waals surface area contributed by atoms with E-state index in [1.807, 2.05) is 18.5 Å². The molecule has 1 aliphatic carbocycles. The summed E-state index contributed by atoms with van der Waals surface area (Å²) in [7, 11) is 1.98. The van der Waals surface area contributed by atoms with E-state index in [0.717, 1.165) is 69.8 Å². The van der Waals surface area contributed by atoms with Crippen molar-refractivity contribution in [2.24, 2.45) is 18.0 Å². The van der Waals surface area contributed by atoms with Crippen LogP contribution in [-0.2, 0) is 23.1 Å². The number of nitrogens with zero attached hydrogens (tertiary/aromatic N) is 4. The van der Waals surface area contributed by atoms with Crippen LogP contribution in [-0.4, -0.2) is 59.7 Å². The summed E-state index contributed by atoms with van der Waals surface area (Å²) in [4.78, 5) is 4.77. The Kier molecular flexibility index (Phi) is 9.21. The molecule has 1 aromatic rings. The van der Waals surface area contributed by atoms with Gasteiger partial charge in [0, 0.05) is 46.1 Å². The summed E-state index contributed by atoms with van der Waals surface area (Å²) in [6, 6.07) is 0.515. The van der Waals surface area contributed by atoms with E-state index in [0.29, 0.717) is 18.5 Å². The number of ether oxygens (including phenoxy) is 2. The Bertz CT molecular complexity index is 621. The molecule has 0 amide bonds. The standard InChI is InChI=1S/C21H38N6O2/c1-17-25-26-20(27(17)2)15-23-21(24-19-7-4-3-5-8-19)22-11-6-12-29-16-18-9-13-28-14-10-18/h18-19H,3-16H2,1-2H3,(H2,22,23,24). The molecule has 1 aliphatic heterocycles. The van der Waals surface area contributed by atoms with Crippen molar-refractivity contribution in [3.8, 4) is 0 Å². The number of aliphatic imine (C=N–C) groups is 1. The summed E-state index contributed by atoms with van der Waals surface area (Å²) >= 11 is 0. The second-order valence-electron chi connectivity index (χ2n) is 8.28. The number of aromatic nitrogens is 3. The number of nitrogens with one attached hydrogen (secondary N) is 2. The van der Waals surface area contributed by atoms with Gasteiger partial charge in [-0.1, -0.05) is 19.3 Å². The molecule has 3 rings (SSSR count). The first-order chi connectivity index (χ1) is 14.2. The van der Waals surface area contributed by atoms with E-state index in [2.05, 4.69) is 20.8 Å². The molecule has 1 saturated heterocycles. The Morgan fingerprint density at radius 2 is 1.97 bits per heavy atom. The highest BCUT2D eigenvalue weighted by atomic mass is 16.5. The molecule has 0 aromatic carbocycles. The van der Waals surface area contributed by atoms with Crippen molar-refractivity contribution in [1.82, 2.24) is 25.4 Å². The predicted molar refractivity (Wildman–Crippen MR) is 114 cm³/mol. The zero-order valence-electron chi connectivity index (χ0n) is 18.2. The van der Waals surface area contributed by atoms with Crippen molar-refractivity contribution < 1.29 is 9.47 Å². The van der Waals surface area contributed by atoms with Gasteiger partial charge in [-0.05, 0) is 44.9 Å². The van der Waals surface area contributed by atoms with Gasteiger partial charge < -0.3 is 24.7 Å². The van der Waals surface area contributed by atoms with E-state index in [4.69, 9.17) is 14.5 Å². The van der Waals surface area contributed by atoms with E-state index in [-0.39, 0.29) is 0 Å². The molecule has 2 heterocycles. The lowest BCUT2D eigenvalue weighted by atomic mass is 9.96. The molecule has 2 aliphatic rings. The Hall–Kier alpha value is -1.67. The number of guanidine groups is 1. The van der Waals surface area contributed by atoms with Crippen LogP contribution in [0, 0.1) is 12.8 Å². The molecule has 0 unspecified atom stereocenters. The maximum atomic E-state index is 5.88. The van der Waals surface area contributed by atoms with Crippen molar-refractivity contribution in [1.29, 1.82) is 0 Å². The zero-order valence-corrected chi connectivity index (χ0v) is 18.2. The molecule has 0 bridgehead atoms. The lowest BCUT2D eigenvalue weighted by Crippen LogP contribution is -2.44. The smallest absolute Gasteiger partial charge is 0.191 e. The Labute approximate surface area is 174 Å². The fraction of sp³-hybridized carbons (Fsp3) is 0.857. The van der Waals surface area contributed by atoms with Crippen LogP contribution in [0.2, 0.25) is 0 Å². The van der Waals surface area contributed by atoms with Crippen LogP contribution in [0.4, 0.5) is 0 Å². The first-order valence-electron chi connectivity index (χ1n) is 11.3. The molecule has 8 heteroatoms. The van der Waals surface area contributed by atoms with Crippen LogP contribution in [0.15, 0.2) is 4.99 Å². The van der Waals surface area contributed by atoms with Crippen LogP contribution < -0.4 is 10.6 Å². The highest BCUT2D eigenvalue weighted by Crippen LogP contribution is 2.17. The second-order valence-corrected chi connectivity index (χ2v) is 8.28. The molecule has 0 spiro atoms. The van der Waals surface area contributed by atoms with Gasteiger partial charge in [0.2, 0.25) is 0 Å². The molecule has 2 N–H and O–H groups in total. The van der Waals surface area contributed by atoms with Crippen LogP contribution in [0.5, 0.6) is 0 Å². The molecule has 29 heavy (non-hydrogen) atoms. The summed E-state index contributed by atoms with van der Waals surface area (Å²) < 4.78 is 13.3. The third-order valence-corrected chi connectivity index (χ3v) is 5.96. The molecular weight excluding hydrogens is 368 g/mol. The zero-order chi connectivity index (χ0) is 20.3. The third-order valence-electron chi connectivity index (χ3n) is 5.96. The van der Waals surface area contributed by atoms with E-state index < -0.39 is 0 Å². The number of hydrogen-bond acceptors (Lipinski definition) is 5. The van der Waals surface area contributed by atoms with Crippen molar-refractivity contribution >= 4 is 5.96 Å². The highest BCUT2D eigenvalue weighted by Gasteiger charge is 2.15. The van der Waals surface area contributed by atoms with E-state index in [9.17, 15) is 0 Å². The third kappa shape index (κ3) is 7.59. The number of hydrogen-bond donors (Lipinski definition) is 2. The lowest BCUT2D eigenvalue weighted by Gasteiger charge is -2.25. The van der Waals surface area contributed by atoms with Gasteiger partial charge in [0.15, 0.2) is 11.8 Å². The van der Waals surface area contributed by atoms with Crippen LogP contribution in [0.25, 0.3) is 0 Å². The van der Waals surface area contributed by atoms with Crippen LogP contribution in [0.3, 0.4) is 0 Å². The van der Waals surface area contributed by atoms with Crippen LogP contribution >= 0.6 is 0 Å². The average molecular weight is 407 g/mol. The Balaban J connectivity index is 1.41. The summed E-state index contributed by atoms with van der Waals surface area (Å²) in [5.41, 5.74) is 0. The molecule has 0 radical (unpaired) electrons. The predicted octanol–water partition coefficient (Wildman–Crippen LogP) is 2.32. The Morgan fingerprint density at radius 1 is 1.17 bits per heavy atom. The summed E-state index contributed by atoms with van der Waals surface area (Å²) in [6.07, 6.45) is 9.61. The Morgan fingerprint density at radius 3 is 2.69 bits per heavy atom. The lowest BCUT2D eigenvalue weighted by molar-refractivity contribution is 0.0203. The molecule has 0 atom stereocenters. The van der Waals surface area contributed by atoms with E-state index in [1.54, 1.807) is 0 Å². The first-order valence-corrected chi connectivity index (χ1v) is 11.3. The molecule has 8 nitrogen and oxygen atoms in total. The summed E-state index contributed by atoms with van der Waals surface area (Å²) in [5.74, 6) is 3.33. The van der Waals surface area contributed by atoms with Crippen molar-refractivity contribution in [3.05, 3.63) is 11.6 Å². The van der Waals surface area contributed by atoms with Gasteiger partial charge in [-0.3, -0.25) is 0 Å². The largest absolute Gasteiger partial charge is 0.381 e. The van der Waals surface area contributed by atoms with Crippen molar-refractivity contribution in [3.63, 3.8) is 0 Å². The topological polar surface area (TPSA) is 85.6 Å². The fourth-order valence-electron chi connectivity index (χ4n) is 3.88. The maximum Gasteiger partial charge on any atom is 0.191 e. The minimum atomic E-state index is 0.515. The normalized spacial score (nSPS) is 19.4. The monoisotopic (exact) mass is 406 g/mol. The quantitative estimate of drug-likeness (QED) is 0.372. The highest BCUT2D eigenvalue weighted by molar-refractivity contribution is 5.80. The van der Waals surface area contributed by atoms with Gasteiger partial charge in [0.25, 0.3) is 0 Å². The molecule has 1 aromatic heterocycles. The first kappa shape index (κ1) is 22.0. The summed E-state index contributed by atoms with van der Waals surface area (Å²) in [5, 5.41) is 15.4. The van der Waals surface area contributed by atoms with Gasteiger partial charge in [-0.25, -0.2) is 4.99 Å². The molecular formula is C21H38N6O2. The SMILES string of the molecule is Cc1nnc(CN=C(NCCCOCC2CCOCC2)NC2CCCCC2)n1C. The van der Waals surface area contributed by atoms with Crippen LogP contribution in [0.1, 0.15) is 63.0 Å². The molecule has 2 fully saturated rings. The second kappa shape index (κ2) is 12.1. The fourth-order valence-corrected chi connectivity index (χ4v) is 3.88. The van der Waals surface area contributed by atoms with E-state index in [1.165, 1.54) is 32.1 Å². The molecule has 164 valence electrons. The number of rotatable bonds is 9.